The third-order valence-electron chi connectivity index (χ3n) is 4.32. The number of piperidine rings is 1. The molecule has 2 heterocycles. The Morgan fingerprint density at radius 1 is 1.24 bits per heavy atom. The topological polar surface area (TPSA) is 144 Å². The number of carbonyl (C=O) groups is 1. The van der Waals surface area contributed by atoms with Gasteiger partial charge in [0, 0.05) is 0 Å². The lowest BCUT2D eigenvalue weighted by Gasteiger charge is -2.33. The quantitative estimate of drug-likeness (QED) is 0.455. The minimum Gasteiger partial charge on any atom is -0.494 e. The Morgan fingerprint density at radius 2 is 2.00 bits per heavy atom. The van der Waals surface area contributed by atoms with Crippen LogP contribution in [0.4, 0.5) is 0 Å². The molecule has 0 spiro atoms. The smallest absolute Gasteiger partial charge is 0.306 e. The molecule has 3 rings (SSSR count). The highest BCUT2D eigenvalue weighted by Gasteiger charge is 2.33. The van der Waals surface area contributed by atoms with E-state index in [1.165, 1.54) is 4.57 Å². The van der Waals surface area contributed by atoms with Crippen molar-refractivity contribution in [2.24, 2.45) is 0 Å². The zero-order chi connectivity index (χ0) is 18.1. The average Bonchev–Trinajstić information content (AvgIpc) is 2.80. The van der Waals surface area contributed by atoms with Crippen molar-refractivity contribution < 1.29 is 35.1 Å². The molecule has 0 saturated carbocycles. The molecule has 1 saturated heterocycles. The number of carboxylic acids is 1. The van der Waals surface area contributed by atoms with Crippen LogP contribution in [0.25, 0.3) is 10.8 Å². The van der Waals surface area contributed by atoms with Gasteiger partial charge in [-0.2, -0.15) is 0 Å². The summed E-state index contributed by atoms with van der Waals surface area (Å²) in [6, 6.07) is 4.08. The molecule has 1 aliphatic rings. The summed E-state index contributed by atoms with van der Waals surface area (Å²) in [5.41, 5.74) is 0. The second kappa shape index (κ2) is 6.79. The van der Waals surface area contributed by atoms with Crippen LogP contribution in [0.2, 0.25) is 0 Å². The van der Waals surface area contributed by atoms with Gasteiger partial charge in [-0.25, -0.2) is 0 Å². The highest BCUT2D eigenvalue weighted by Crippen LogP contribution is 2.45. The number of hydrogen-bond acceptors (Lipinski definition) is 7. The van der Waals surface area contributed by atoms with Crippen molar-refractivity contribution in [1.29, 1.82) is 0 Å². The van der Waals surface area contributed by atoms with Gasteiger partial charge in [0.05, 0.1) is 29.8 Å². The van der Waals surface area contributed by atoms with Gasteiger partial charge in [-0.3, -0.25) is 14.7 Å². The van der Waals surface area contributed by atoms with Gasteiger partial charge in [-0.05, 0) is 25.0 Å². The normalized spacial score (nSPS) is 23.7. The van der Waals surface area contributed by atoms with E-state index >= 15 is 0 Å². The molecule has 2 aromatic rings. The van der Waals surface area contributed by atoms with E-state index in [4.69, 9.17) is 9.84 Å². The van der Waals surface area contributed by atoms with E-state index in [-0.39, 0.29) is 35.9 Å². The maximum atomic E-state index is 10.6. The molecule has 9 heteroatoms. The van der Waals surface area contributed by atoms with Crippen molar-refractivity contribution in [3.05, 3.63) is 18.2 Å². The highest BCUT2D eigenvalue weighted by atomic mass is 16.5. The number of nitrogens with zero attached hydrogens (tertiary/aromatic N) is 1. The minimum absolute atomic E-state index is 0.0837. The molecule has 6 N–H and O–H groups in total. The van der Waals surface area contributed by atoms with E-state index in [1.807, 2.05) is 0 Å². The molecule has 1 fully saturated rings. The Morgan fingerprint density at radius 3 is 2.68 bits per heavy atom. The van der Waals surface area contributed by atoms with Gasteiger partial charge in [0.1, 0.15) is 18.2 Å². The van der Waals surface area contributed by atoms with E-state index in [2.05, 4.69) is 5.32 Å². The number of aliphatic carboxylic acids is 1. The van der Waals surface area contributed by atoms with E-state index in [9.17, 15) is 25.2 Å². The van der Waals surface area contributed by atoms with Gasteiger partial charge in [0.2, 0.25) is 11.8 Å². The SMILES string of the molecule is O=C(O)CCOc1cccc2c(O)n(C3CCC(O)NC3O)c(O)c12. The maximum Gasteiger partial charge on any atom is 0.306 e. The molecule has 0 radical (unpaired) electrons. The number of aliphatic hydroxyl groups is 2. The number of rotatable bonds is 5. The number of fused-ring (bicyclic) bond motifs is 1. The first-order valence-corrected chi connectivity index (χ1v) is 7.91. The first kappa shape index (κ1) is 17.3. The van der Waals surface area contributed by atoms with Crippen LogP contribution < -0.4 is 10.1 Å². The molecule has 1 aromatic carbocycles. The summed E-state index contributed by atoms with van der Waals surface area (Å²) in [4.78, 5) is 10.6. The van der Waals surface area contributed by atoms with Crippen molar-refractivity contribution in [3.63, 3.8) is 0 Å². The van der Waals surface area contributed by atoms with Gasteiger partial charge >= 0.3 is 5.97 Å². The number of aromatic nitrogens is 1. The summed E-state index contributed by atoms with van der Waals surface area (Å²) in [5, 5.41) is 52.6. The fourth-order valence-electron chi connectivity index (χ4n) is 3.13. The number of carboxylic acid groups (broad SMARTS) is 1. The Bertz CT molecular complexity index is 788. The molecule has 25 heavy (non-hydrogen) atoms. The van der Waals surface area contributed by atoms with E-state index in [0.717, 1.165) is 0 Å². The fraction of sp³-hybridized carbons (Fsp3) is 0.438. The van der Waals surface area contributed by atoms with E-state index in [1.54, 1.807) is 18.2 Å². The van der Waals surface area contributed by atoms with Crippen LogP contribution in [0.1, 0.15) is 25.3 Å². The van der Waals surface area contributed by atoms with Crippen molar-refractivity contribution in [2.45, 2.75) is 37.8 Å². The van der Waals surface area contributed by atoms with E-state index < -0.39 is 24.5 Å². The van der Waals surface area contributed by atoms with Gasteiger partial charge in [0.15, 0.2) is 0 Å². The molecule has 1 aliphatic heterocycles. The molecular weight excluding hydrogens is 332 g/mol. The lowest BCUT2D eigenvalue weighted by atomic mass is 10.0. The monoisotopic (exact) mass is 352 g/mol. The van der Waals surface area contributed by atoms with Gasteiger partial charge in [0.25, 0.3) is 0 Å². The highest BCUT2D eigenvalue weighted by molar-refractivity contribution is 5.97. The van der Waals surface area contributed by atoms with Crippen LogP contribution in [0.15, 0.2) is 18.2 Å². The summed E-state index contributed by atoms with van der Waals surface area (Å²) in [7, 11) is 0. The molecule has 0 amide bonds. The summed E-state index contributed by atoms with van der Waals surface area (Å²) in [5.74, 6) is -1.30. The molecule has 0 bridgehead atoms. The zero-order valence-corrected chi connectivity index (χ0v) is 13.3. The average molecular weight is 352 g/mol. The number of ether oxygens (including phenoxy) is 1. The summed E-state index contributed by atoms with van der Waals surface area (Å²) in [6.07, 6.45) is -1.52. The first-order chi connectivity index (χ1) is 11.9. The number of hydrogen-bond donors (Lipinski definition) is 6. The Labute approximate surface area is 142 Å². The van der Waals surface area contributed by atoms with Crippen LogP contribution in [-0.4, -0.2) is 55.1 Å². The minimum atomic E-state index is -1.15. The summed E-state index contributed by atoms with van der Waals surface area (Å²) < 4.78 is 6.62. The molecule has 9 nitrogen and oxygen atoms in total. The third kappa shape index (κ3) is 3.21. The van der Waals surface area contributed by atoms with Gasteiger partial charge in [-0.15, -0.1) is 0 Å². The maximum absolute atomic E-state index is 10.6. The fourth-order valence-corrected chi connectivity index (χ4v) is 3.13. The third-order valence-corrected chi connectivity index (χ3v) is 4.32. The van der Waals surface area contributed by atoms with Crippen LogP contribution in [0.3, 0.4) is 0 Å². The Balaban J connectivity index is 1.99. The van der Waals surface area contributed by atoms with Crippen LogP contribution in [-0.2, 0) is 4.79 Å². The van der Waals surface area contributed by atoms with Gasteiger partial charge in [-0.1, -0.05) is 6.07 Å². The van der Waals surface area contributed by atoms with E-state index in [0.29, 0.717) is 18.2 Å². The van der Waals surface area contributed by atoms with Gasteiger partial charge < -0.3 is 30.3 Å². The number of aliphatic hydroxyl groups excluding tert-OH is 2. The molecule has 1 aromatic heterocycles. The first-order valence-electron chi connectivity index (χ1n) is 7.91. The van der Waals surface area contributed by atoms with Crippen LogP contribution >= 0.6 is 0 Å². The summed E-state index contributed by atoms with van der Waals surface area (Å²) in [6.45, 7) is -0.0837. The molecule has 3 unspecified atom stereocenters. The summed E-state index contributed by atoms with van der Waals surface area (Å²) >= 11 is 0. The molecule has 136 valence electrons. The second-order valence-electron chi connectivity index (χ2n) is 5.96. The Hall–Kier alpha value is -2.49. The molecule has 3 atom stereocenters. The number of aromatic hydroxyl groups is 2. The standard InChI is InChI=1S/C16H20N2O7/c19-11-5-4-9(14(22)17-11)18-15(23)8-2-1-3-10(13(8)16(18)24)25-7-6-12(20)21/h1-3,9,11,14,17,19,22-24H,4-7H2,(H,20,21). The second-order valence-corrected chi connectivity index (χ2v) is 5.96. The largest absolute Gasteiger partial charge is 0.494 e. The van der Waals surface area contributed by atoms with Crippen LogP contribution in [0.5, 0.6) is 17.5 Å². The molecular formula is C16H20N2O7. The molecule has 0 aliphatic carbocycles. The Kier molecular flexibility index (Phi) is 4.71. The predicted octanol–water partition coefficient (Wildman–Crippen LogP) is 0.467. The lowest BCUT2D eigenvalue weighted by Crippen LogP contribution is -2.47. The van der Waals surface area contributed by atoms with Crippen molar-refractivity contribution >= 4 is 16.7 Å². The number of nitrogens with one attached hydrogen (secondary N) is 1. The van der Waals surface area contributed by atoms with Crippen molar-refractivity contribution in [2.75, 3.05) is 6.61 Å². The van der Waals surface area contributed by atoms with Crippen molar-refractivity contribution in [1.82, 2.24) is 9.88 Å². The predicted molar refractivity (Wildman–Crippen MR) is 86.4 cm³/mol. The lowest BCUT2D eigenvalue weighted by molar-refractivity contribution is -0.137. The van der Waals surface area contributed by atoms with Crippen molar-refractivity contribution in [3.8, 4) is 17.5 Å². The van der Waals surface area contributed by atoms with Crippen LogP contribution in [0, 0.1) is 0 Å². The zero-order valence-electron chi connectivity index (χ0n) is 13.3. The number of benzene rings is 1.